The molecule has 22 heavy (non-hydrogen) atoms. The topological polar surface area (TPSA) is 61.8 Å². The van der Waals surface area contributed by atoms with Gasteiger partial charge in [0.1, 0.15) is 5.75 Å². The molecule has 0 radical (unpaired) electrons. The minimum absolute atomic E-state index is 0.173. The number of carbonyl (C=O) groups is 1. The third-order valence-electron chi connectivity index (χ3n) is 4.51. The molecule has 5 heteroatoms. The van der Waals surface area contributed by atoms with Gasteiger partial charge in [-0.25, -0.2) is 4.79 Å². The molecule has 5 nitrogen and oxygen atoms in total. The zero-order valence-electron chi connectivity index (χ0n) is 13.0. The number of hydrogen-bond donors (Lipinski definition) is 2. The van der Waals surface area contributed by atoms with Crippen LogP contribution in [0.15, 0.2) is 24.3 Å². The van der Waals surface area contributed by atoms with Crippen LogP contribution >= 0.6 is 0 Å². The Balaban J connectivity index is 1.60. The summed E-state index contributed by atoms with van der Waals surface area (Å²) in [5.74, 6) is 1.63. The summed E-state index contributed by atoms with van der Waals surface area (Å²) in [6.45, 7) is 3.79. The van der Waals surface area contributed by atoms with Crippen LogP contribution in [0.1, 0.15) is 26.2 Å². The molecule has 0 aromatic heterocycles. The predicted octanol–water partition coefficient (Wildman–Crippen LogP) is 2.71. The van der Waals surface area contributed by atoms with Crippen LogP contribution in [0.3, 0.4) is 0 Å². The van der Waals surface area contributed by atoms with Crippen molar-refractivity contribution in [1.29, 1.82) is 0 Å². The van der Waals surface area contributed by atoms with Gasteiger partial charge in [-0.1, -0.05) is 19.1 Å². The number of β-amino-alcohol motifs (C(OH)–C–C–N with tert-alkyl or cyclic N) is 1. The maximum absolute atomic E-state index is 12.4. The quantitative estimate of drug-likeness (QED) is 0.899. The molecule has 1 saturated carbocycles. The van der Waals surface area contributed by atoms with Crippen molar-refractivity contribution in [3.63, 3.8) is 0 Å². The molecule has 2 amide bonds. The molecule has 2 aliphatic rings. The number of amides is 2. The van der Waals surface area contributed by atoms with E-state index in [1.165, 1.54) is 12.8 Å². The highest BCUT2D eigenvalue weighted by molar-refractivity contribution is 5.91. The van der Waals surface area contributed by atoms with E-state index in [0.29, 0.717) is 37.1 Å². The van der Waals surface area contributed by atoms with Gasteiger partial charge in [-0.05, 0) is 43.2 Å². The van der Waals surface area contributed by atoms with Crippen LogP contribution in [0, 0.1) is 11.8 Å². The molecule has 1 aromatic carbocycles. The number of piperidine rings is 1. The smallest absolute Gasteiger partial charge is 0.322 e. The molecule has 120 valence electrons. The molecule has 3 rings (SSSR count). The largest absolute Gasteiger partial charge is 0.491 e. The summed E-state index contributed by atoms with van der Waals surface area (Å²) in [5, 5.41) is 12.8. The Kier molecular flexibility index (Phi) is 4.52. The summed E-state index contributed by atoms with van der Waals surface area (Å²) < 4.78 is 5.80. The fourth-order valence-corrected chi connectivity index (χ4v) is 2.62. The number of likely N-dealkylation sites (tertiary alicyclic amines) is 1. The number of ether oxygens (including phenoxy) is 1. The van der Waals surface area contributed by atoms with E-state index in [-0.39, 0.29) is 11.9 Å². The van der Waals surface area contributed by atoms with E-state index < -0.39 is 6.10 Å². The predicted molar refractivity (Wildman–Crippen MR) is 85.0 cm³/mol. The monoisotopic (exact) mass is 304 g/mol. The number of para-hydroxylation sites is 2. The first-order valence-electron chi connectivity index (χ1n) is 8.09. The maximum atomic E-state index is 12.4. The van der Waals surface area contributed by atoms with E-state index in [0.717, 1.165) is 6.42 Å². The van der Waals surface area contributed by atoms with E-state index in [9.17, 15) is 9.90 Å². The van der Waals surface area contributed by atoms with Crippen LogP contribution in [0.2, 0.25) is 0 Å². The highest BCUT2D eigenvalue weighted by Crippen LogP contribution is 2.32. The molecule has 2 atom stereocenters. The molecule has 1 aliphatic heterocycles. The number of hydrogen-bond acceptors (Lipinski definition) is 3. The van der Waals surface area contributed by atoms with Gasteiger partial charge in [-0.3, -0.25) is 0 Å². The second-order valence-electron chi connectivity index (χ2n) is 6.46. The van der Waals surface area contributed by atoms with Crippen molar-refractivity contribution in [1.82, 2.24) is 4.90 Å². The second kappa shape index (κ2) is 6.57. The van der Waals surface area contributed by atoms with E-state index in [4.69, 9.17) is 4.74 Å². The lowest BCUT2D eigenvalue weighted by Crippen LogP contribution is -2.47. The molecular weight excluding hydrogens is 280 g/mol. The molecule has 0 spiro atoms. The second-order valence-corrected chi connectivity index (χ2v) is 6.46. The number of anilines is 1. The summed E-state index contributed by atoms with van der Waals surface area (Å²) >= 11 is 0. The zero-order valence-corrected chi connectivity index (χ0v) is 13.0. The molecule has 1 aliphatic carbocycles. The Morgan fingerprint density at radius 3 is 2.86 bits per heavy atom. The van der Waals surface area contributed by atoms with Crippen molar-refractivity contribution in [2.45, 2.75) is 32.3 Å². The summed E-state index contributed by atoms with van der Waals surface area (Å²) in [4.78, 5) is 14.0. The molecule has 2 unspecified atom stereocenters. The molecular formula is C17H24N2O3. The van der Waals surface area contributed by atoms with Crippen LogP contribution in [0.4, 0.5) is 10.5 Å². The summed E-state index contributed by atoms with van der Waals surface area (Å²) in [6.07, 6.45) is 2.85. The van der Waals surface area contributed by atoms with Gasteiger partial charge in [0, 0.05) is 13.1 Å². The fraction of sp³-hybridized carbons (Fsp3) is 0.588. The van der Waals surface area contributed by atoms with Gasteiger partial charge >= 0.3 is 6.03 Å². The lowest BCUT2D eigenvalue weighted by molar-refractivity contribution is 0.0463. The van der Waals surface area contributed by atoms with E-state index in [1.807, 2.05) is 31.2 Å². The summed E-state index contributed by atoms with van der Waals surface area (Å²) in [5.41, 5.74) is 0.696. The van der Waals surface area contributed by atoms with Crippen LogP contribution in [0.5, 0.6) is 5.75 Å². The van der Waals surface area contributed by atoms with Gasteiger partial charge in [0.2, 0.25) is 0 Å². The van der Waals surface area contributed by atoms with E-state index in [1.54, 1.807) is 4.90 Å². The Bertz CT molecular complexity index is 530. The van der Waals surface area contributed by atoms with Crippen molar-refractivity contribution >= 4 is 11.7 Å². The number of rotatable bonds is 4. The SMILES string of the molecule is CC1CCN(C(=O)Nc2ccccc2OCC2CC2)CC1O. The number of benzene rings is 1. The number of urea groups is 1. The Labute approximate surface area is 131 Å². The highest BCUT2D eigenvalue weighted by atomic mass is 16.5. The van der Waals surface area contributed by atoms with Gasteiger partial charge in [0.25, 0.3) is 0 Å². The number of nitrogens with zero attached hydrogens (tertiary/aromatic N) is 1. The summed E-state index contributed by atoms with van der Waals surface area (Å²) in [6, 6.07) is 7.35. The molecule has 2 fully saturated rings. The fourth-order valence-electron chi connectivity index (χ4n) is 2.62. The third kappa shape index (κ3) is 3.71. The first-order chi connectivity index (χ1) is 10.6. The van der Waals surface area contributed by atoms with Crippen molar-refractivity contribution < 1.29 is 14.6 Å². The average molecular weight is 304 g/mol. The number of carbonyl (C=O) groups excluding carboxylic acids is 1. The molecule has 1 heterocycles. The number of aliphatic hydroxyl groups is 1. The minimum atomic E-state index is -0.444. The Hall–Kier alpha value is -1.75. The maximum Gasteiger partial charge on any atom is 0.322 e. The Morgan fingerprint density at radius 1 is 1.36 bits per heavy atom. The van der Waals surface area contributed by atoms with E-state index >= 15 is 0 Å². The normalized spacial score (nSPS) is 24.9. The molecule has 1 saturated heterocycles. The first-order valence-corrected chi connectivity index (χ1v) is 8.09. The number of nitrogens with one attached hydrogen (secondary N) is 1. The summed E-state index contributed by atoms with van der Waals surface area (Å²) in [7, 11) is 0. The molecule has 2 N–H and O–H groups in total. The van der Waals surface area contributed by atoms with Crippen LogP contribution < -0.4 is 10.1 Å². The van der Waals surface area contributed by atoms with Crippen LogP contribution in [-0.4, -0.2) is 41.8 Å². The lowest BCUT2D eigenvalue weighted by Gasteiger charge is -2.34. The van der Waals surface area contributed by atoms with Gasteiger partial charge in [-0.2, -0.15) is 0 Å². The first kappa shape index (κ1) is 15.2. The van der Waals surface area contributed by atoms with Crippen molar-refractivity contribution in [2.24, 2.45) is 11.8 Å². The standard InChI is InChI=1S/C17H24N2O3/c1-12-8-9-19(10-15(12)20)17(21)18-14-4-2-3-5-16(14)22-11-13-6-7-13/h2-5,12-13,15,20H,6-11H2,1H3,(H,18,21). The Morgan fingerprint density at radius 2 is 2.14 bits per heavy atom. The van der Waals surface area contributed by atoms with Crippen molar-refractivity contribution in [3.8, 4) is 5.75 Å². The van der Waals surface area contributed by atoms with Crippen molar-refractivity contribution in [2.75, 3.05) is 25.0 Å². The molecule has 0 bridgehead atoms. The minimum Gasteiger partial charge on any atom is -0.491 e. The molecule has 1 aromatic rings. The van der Waals surface area contributed by atoms with Gasteiger partial charge in [-0.15, -0.1) is 0 Å². The number of aliphatic hydroxyl groups excluding tert-OH is 1. The van der Waals surface area contributed by atoms with Crippen LogP contribution in [-0.2, 0) is 0 Å². The van der Waals surface area contributed by atoms with Crippen LogP contribution in [0.25, 0.3) is 0 Å². The lowest BCUT2D eigenvalue weighted by atomic mass is 9.96. The van der Waals surface area contributed by atoms with Gasteiger partial charge in [0.15, 0.2) is 0 Å². The third-order valence-corrected chi connectivity index (χ3v) is 4.51. The van der Waals surface area contributed by atoms with Crippen molar-refractivity contribution in [3.05, 3.63) is 24.3 Å². The van der Waals surface area contributed by atoms with Gasteiger partial charge < -0.3 is 20.1 Å². The highest BCUT2D eigenvalue weighted by Gasteiger charge is 2.28. The van der Waals surface area contributed by atoms with Gasteiger partial charge in [0.05, 0.1) is 18.4 Å². The average Bonchev–Trinajstić information content (AvgIpc) is 3.33. The van der Waals surface area contributed by atoms with E-state index in [2.05, 4.69) is 5.32 Å². The zero-order chi connectivity index (χ0) is 15.5.